The van der Waals surface area contributed by atoms with Crippen molar-refractivity contribution in [3.05, 3.63) is 77.9 Å². The van der Waals surface area contributed by atoms with Crippen LogP contribution in [0.2, 0.25) is 0 Å². The molecule has 2 aromatic carbocycles. The van der Waals surface area contributed by atoms with Crippen LogP contribution >= 0.6 is 0 Å². The summed E-state index contributed by atoms with van der Waals surface area (Å²) in [6.07, 6.45) is -0.639. The van der Waals surface area contributed by atoms with Gasteiger partial charge in [0, 0.05) is 0 Å². The molecular weight excluding hydrogens is 236 g/mol. The van der Waals surface area contributed by atoms with Crippen molar-refractivity contribution in [2.75, 3.05) is 0 Å². The van der Waals surface area contributed by atoms with Gasteiger partial charge >= 0.3 is 0 Å². The van der Waals surface area contributed by atoms with Gasteiger partial charge in [-0.3, -0.25) is 0 Å². The number of ether oxygens (including phenoxy) is 1. The first-order valence-corrected chi connectivity index (χ1v) is 6.27. The van der Waals surface area contributed by atoms with Crippen LogP contribution in [0.3, 0.4) is 0 Å². The van der Waals surface area contributed by atoms with Gasteiger partial charge in [-0.15, -0.1) is 0 Å². The summed E-state index contributed by atoms with van der Waals surface area (Å²) in [5, 5.41) is 9.95. The third kappa shape index (κ3) is 3.70. The minimum absolute atomic E-state index is 0.521. The van der Waals surface area contributed by atoms with Gasteiger partial charge < -0.3 is 9.84 Å². The maximum Gasteiger partial charge on any atom is 0.120 e. The third-order valence-electron chi connectivity index (χ3n) is 2.89. The molecule has 0 radical (unpaired) electrons. The fourth-order valence-electron chi connectivity index (χ4n) is 1.80. The Kier molecular flexibility index (Phi) is 4.37. The summed E-state index contributed by atoms with van der Waals surface area (Å²) in [5.74, 6) is 0.752. The average Bonchev–Trinajstić information content (AvgIpc) is 2.45. The standard InChI is InChI=1S/C17H18O2/c1-13(2)17(18)15-9-6-10-16(11-15)19-12-14-7-4-3-5-8-14/h3-11,17-18H,1,12H2,2H3. The quantitative estimate of drug-likeness (QED) is 0.821. The number of aliphatic hydroxyl groups excluding tert-OH is 1. The molecule has 0 bridgehead atoms. The number of benzene rings is 2. The molecule has 1 atom stereocenters. The van der Waals surface area contributed by atoms with Crippen LogP contribution in [0.1, 0.15) is 24.2 Å². The molecule has 1 N–H and O–H groups in total. The van der Waals surface area contributed by atoms with Crippen molar-refractivity contribution in [2.45, 2.75) is 19.6 Å². The third-order valence-corrected chi connectivity index (χ3v) is 2.89. The van der Waals surface area contributed by atoms with Crippen molar-refractivity contribution in [2.24, 2.45) is 0 Å². The maximum absolute atomic E-state index is 9.95. The number of hydrogen-bond donors (Lipinski definition) is 1. The van der Waals surface area contributed by atoms with Crippen LogP contribution in [0, 0.1) is 0 Å². The molecule has 98 valence electrons. The highest BCUT2D eigenvalue weighted by molar-refractivity contribution is 5.33. The zero-order chi connectivity index (χ0) is 13.7. The molecule has 0 spiro atoms. The Morgan fingerprint density at radius 1 is 1.16 bits per heavy atom. The Balaban J connectivity index is 2.05. The number of rotatable bonds is 5. The molecular formula is C17H18O2. The summed E-state index contributed by atoms with van der Waals surface area (Å²) in [4.78, 5) is 0. The molecule has 0 heterocycles. The van der Waals surface area contributed by atoms with Gasteiger partial charge in [-0.2, -0.15) is 0 Å². The van der Waals surface area contributed by atoms with Gasteiger partial charge in [0.15, 0.2) is 0 Å². The van der Waals surface area contributed by atoms with E-state index < -0.39 is 6.10 Å². The van der Waals surface area contributed by atoms with Gasteiger partial charge in [0.05, 0.1) is 6.10 Å². The van der Waals surface area contributed by atoms with Crippen LogP contribution in [0.4, 0.5) is 0 Å². The second-order valence-electron chi connectivity index (χ2n) is 4.60. The zero-order valence-corrected chi connectivity index (χ0v) is 11.0. The topological polar surface area (TPSA) is 29.5 Å². The monoisotopic (exact) mass is 254 g/mol. The predicted molar refractivity (Wildman–Crippen MR) is 77.0 cm³/mol. The van der Waals surface area contributed by atoms with E-state index in [0.717, 1.165) is 22.4 Å². The first-order chi connectivity index (χ1) is 9.16. The lowest BCUT2D eigenvalue weighted by molar-refractivity contribution is 0.215. The lowest BCUT2D eigenvalue weighted by Gasteiger charge is -2.12. The van der Waals surface area contributed by atoms with E-state index >= 15 is 0 Å². The molecule has 0 amide bonds. The maximum atomic E-state index is 9.95. The SMILES string of the molecule is C=C(C)C(O)c1cccc(OCc2ccccc2)c1. The first-order valence-electron chi connectivity index (χ1n) is 6.27. The van der Waals surface area contributed by atoms with E-state index in [2.05, 4.69) is 6.58 Å². The lowest BCUT2D eigenvalue weighted by atomic mass is 10.0. The predicted octanol–water partition coefficient (Wildman–Crippen LogP) is 3.88. The fourth-order valence-corrected chi connectivity index (χ4v) is 1.80. The van der Waals surface area contributed by atoms with Gasteiger partial charge in [-0.25, -0.2) is 0 Å². The molecule has 0 aliphatic heterocycles. The van der Waals surface area contributed by atoms with E-state index in [1.165, 1.54) is 0 Å². The van der Waals surface area contributed by atoms with Crippen LogP contribution in [0.25, 0.3) is 0 Å². The summed E-state index contributed by atoms with van der Waals surface area (Å²) in [6.45, 7) is 6.09. The molecule has 2 rings (SSSR count). The Bertz CT molecular complexity index is 546. The fraction of sp³-hybridized carbons (Fsp3) is 0.176. The Morgan fingerprint density at radius 3 is 2.58 bits per heavy atom. The van der Waals surface area contributed by atoms with Crippen molar-refractivity contribution in [3.63, 3.8) is 0 Å². The molecule has 0 aromatic heterocycles. The summed E-state index contributed by atoms with van der Waals surface area (Å²) in [5.41, 5.74) is 2.65. The van der Waals surface area contributed by atoms with Gasteiger partial charge in [0.25, 0.3) is 0 Å². The Labute approximate surface area is 114 Å². The summed E-state index contributed by atoms with van der Waals surface area (Å²) >= 11 is 0. The average molecular weight is 254 g/mol. The summed E-state index contributed by atoms with van der Waals surface area (Å²) < 4.78 is 5.72. The van der Waals surface area contributed by atoms with Crippen LogP contribution in [0.15, 0.2) is 66.7 Å². The van der Waals surface area contributed by atoms with E-state index in [4.69, 9.17) is 4.74 Å². The second-order valence-corrected chi connectivity index (χ2v) is 4.60. The largest absolute Gasteiger partial charge is 0.489 e. The summed E-state index contributed by atoms with van der Waals surface area (Å²) in [7, 11) is 0. The number of aliphatic hydroxyl groups is 1. The Hall–Kier alpha value is -2.06. The highest BCUT2D eigenvalue weighted by atomic mass is 16.5. The van der Waals surface area contributed by atoms with Gasteiger partial charge in [-0.05, 0) is 35.8 Å². The molecule has 2 aromatic rings. The molecule has 0 aliphatic carbocycles. The van der Waals surface area contributed by atoms with Gasteiger partial charge in [-0.1, -0.05) is 49.0 Å². The molecule has 0 fully saturated rings. The molecule has 2 nitrogen and oxygen atoms in total. The zero-order valence-electron chi connectivity index (χ0n) is 11.0. The highest BCUT2D eigenvalue weighted by Gasteiger charge is 2.08. The van der Waals surface area contributed by atoms with Crippen LogP contribution in [-0.4, -0.2) is 5.11 Å². The normalized spacial score (nSPS) is 11.9. The van der Waals surface area contributed by atoms with E-state index in [-0.39, 0.29) is 0 Å². The minimum Gasteiger partial charge on any atom is -0.489 e. The van der Waals surface area contributed by atoms with Gasteiger partial charge in [0.2, 0.25) is 0 Å². The summed E-state index contributed by atoms with van der Waals surface area (Å²) in [6, 6.07) is 17.5. The molecule has 0 saturated carbocycles. The second kappa shape index (κ2) is 6.21. The minimum atomic E-state index is -0.639. The van der Waals surface area contributed by atoms with Crippen LogP contribution in [0.5, 0.6) is 5.75 Å². The van der Waals surface area contributed by atoms with E-state index in [9.17, 15) is 5.11 Å². The van der Waals surface area contributed by atoms with Crippen LogP contribution < -0.4 is 4.74 Å². The molecule has 0 aliphatic rings. The lowest BCUT2D eigenvalue weighted by Crippen LogP contribution is -2.00. The number of hydrogen-bond acceptors (Lipinski definition) is 2. The van der Waals surface area contributed by atoms with Gasteiger partial charge in [0.1, 0.15) is 12.4 Å². The highest BCUT2D eigenvalue weighted by Crippen LogP contribution is 2.24. The van der Waals surface area contributed by atoms with E-state index in [1.54, 1.807) is 0 Å². The van der Waals surface area contributed by atoms with Crippen molar-refractivity contribution < 1.29 is 9.84 Å². The van der Waals surface area contributed by atoms with Crippen LogP contribution in [-0.2, 0) is 6.61 Å². The smallest absolute Gasteiger partial charge is 0.120 e. The first kappa shape index (κ1) is 13.4. The molecule has 0 saturated heterocycles. The molecule has 19 heavy (non-hydrogen) atoms. The van der Waals surface area contributed by atoms with E-state index in [0.29, 0.717) is 6.61 Å². The van der Waals surface area contributed by atoms with Crippen molar-refractivity contribution in [1.82, 2.24) is 0 Å². The van der Waals surface area contributed by atoms with E-state index in [1.807, 2.05) is 61.5 Å². The Morgan fingerprint density at radius 2 is 1.89 bits per heavy atom. The van der Waals surface area contributed by atoms with Crippen molar-refractivity contribution in [3.8, 4) is 5.75 Å². The van der Waals surface area contributed by atoms with Crippen molar-refractivity contribution >= 4 is 0 Å². The molecule has 2 heteroatoms. The molecule has 1 unspecified atom stereocenters. The van der Waals surface area contributed by atoms with Crippen molar-refractivity contribution in [1.29, 1.82) is 0 Å².